The Labute approximate surface area is 95.2 Å². The van der Waals surface area contributed by atoms with Gasteiger partial charge in [0, 0.05) is 13.7 Å². The predicted octanol–water partition coefficient (Wildman–Crippen LogP) is 0.904. The van der Waals surface area contributed by atoms with Crippen LogP contribution in [-0.2, 0) is 4.74 Å². The molecule has 0 amide bonds. The number of anilines is 2. The van der Waals surface area contributed by atoms with Crippen LogP contribution in [0.3, 0.4) is 0 Å². The number of rotatable bonds is 5. The number of ether oxygens (including phenoxy) is 2. The SMILES string of the molecule is COc1ncnc(NCC(C)(C)OC)c1N. The third-order valence-electron chi connectivity index (χ3n) is 2.27. The van der Waals surface area contributed by atoms with Crippen LogP contribution in [0.15, 0.2) is 6.33 Å². The second-order valence-corrected chi connectivity index (χ2v) is 3.96. The fourth-order valence-corrected chi connectivity index (χ4v) is 1.05. The van der Waals surface area contributed by atoms with E-state index in [1.807, 2.05) is 13.8 Å². The standard InChI is InChI=1S/C10H18N4O2/c1-10(2,16-4)5-12-8-7(11)9(15-3)14-6-13-8/h6H,5,11H2,1-4H3,(H,12,13,14). The Morgan fingerprint density at radius 1 is 1.38 bits per heavy atom. The van der Waals surface area contributed by atoms with Gasteiger partial charge in [-0.05, 0) is 13.8 Å². The number of methoxy groups -OCH3 is 2. The summed E-state index contributed by atoms with van der Waals surface area (Å²) in [7, 11) is 3.17. The molecule has 6 nitrogen and oxygen atoms in total. The molecule has 1 rings (SSSR count). The van der Waals surface area contributed by atoms with Gasteiger partial charge in [0.25, 0.3) is 0 Å². The van der Waals surface area contributed by atoms with E-state index < -0.39 is 0 Å². The minimum atomic E-state index is -0.287. The van der Waals surface area contributed by atoms with Crippen molar-refractivity contribution in [2.24, 2.45) is 0 Å². The highest BCUT2D eigenvalue weighted by molar-refractivity contribution is 5.66. The molecule has 3 N–H and O–H groups in total. The topological polar surface area (TPSA) is 82.3 Å². The molecule has 16 heavy (non-hydrogen) atoms. The zero-order valence-corrected chi connectivity index (χ0v) is 10.1. The van der Waals surface area contributed by atoms with Crippen LogP contribution in [0, 0.1) is 0 Å². The maximum atomic E-state index is 5.81. The van der Waals surface area contributed by atoms with Crippen molar-refractivity contribution in [2.45, 2.75) is 19.4 Å². The molecule has 1 heterocycles. The average Bonchev–Trinajstić information content (AvgIpc) is 2.28. The highest BCUT2D eigenvalue weighted by atomic mass is 16.5. The van der Waals surface area contributed by atoms with Gasteiger partial charge in [-0.25, -0.2) is 4.98 Å². The minimum Gasteiger partial charge on any atom is -0.479 e. The summed E-state index contributed by atoms with van der Waals surface area (Å²) in [6.45, 7) is 4.52. The van der Waals surface area contributed by atoms with Crippen LogP contribution in [0.2, 0.25) is 0 Å². The lowest BCUT2D eigenvalue weighted by Crippen LogP contribution is -2.32. The summed E-state index contributed by atoms with van der Waals surface area (Å²) in [4.78, 5) is 7.93. The fourth-order valence-electron chi connectivity index (χ4n) is 1.05. The van der Waals surface area contributed by atoms with E-state index in [0.29, 0.717) is 23.9 Å². The van der Waals surface area contributed by atoms with Crippen LogP contribution >= 0.6 is 0 Å². The third-order valence-corrected chi connectivity index (χ3v) is 2.27. The van der Waals surface area contributed by atoms with E-state index in [4.69, 9.17) is 15.2 Å². The molecule has 0 aliphatic heterocycles. The van der Waals surface area contributed by atoms with Gasteiger partial charge in [0.05, 0.1) is 12.7 Å². The molecule has 0 saturated heterocycles. The lowest BCUT2D eigenvalue weighted by atomic mass is 10.1. The molecule has 0 unspecified atom stereocenters. The normalized spacial score (nSPS) is 11.2. The van der Waals surface area contributed by atoms with Gasteiger partial charge in [0.1, 0.15) is 12.0 Å². The molecule has 0 radical (unpaired) electrons. The minimum absolute atomic E-state index is 0.287. The first kappa shape index (κ1) is 12.5. The number of nitrogens with zero attached hydrogens (tertiary/aromatic N) is 2. The first-order valence-corrected chi connectivity index (χ1v) is 4.93. The monoisotopic (exact) mass is 226 g/mol. The van der Waals surface area contributed by atoms with Crippen molar-refractivity contribution >= 4 is 11.5 Å². The fraction of sp³-hybridized carbons (Fsp3) is 0.600. The quantitative estimate of drug-likeness (QED) is 0.776. The predicted molar refractivity (Wildman–Crippen MR) is 62.6 cm³/mol. The molecule has 0 fully saturated rings. The smallest absolute Gasteiger partial charge is 0.242 e. The Morgan fingerprint density at radius 2 is 2.06 bits per heavy atom. The summed E-state index contributed by atoms with van der Waals surface area (Å²) in [5, 5.41) is 3.10. The summed E-state index contributed by atoms with van der Waals surface area (Å²) >= 11 is 0. The van der Waals surface area contributed by atoms with Gasteiger partial charge in [-0.3, -0.25) is 0 Å². The average molecular weight is 226 g/mol. The second-order valence-electron chi connectivity index (χ2n) is 3.96. The summed E-state index contributed by atoms with van der Waals surface area (Å²) in [6.07, 6.45) is 1.40. The van der Waals surface area contributed by atoms with Crippen molar-refractivity contribution in [3.05, 3.63) is 6.33 Å². The molecule has 1 aromatic rings. The maximum absolute atomic E-state index is 5.81. The lowest BCUT2D eigenvalue weighted by Gasteiger charge is -2.23. The molecular weight excluding hydrogens is 208 g/mol. The van der Waals surface area contributed by atoms with Gasteiger partial charge >= 0.3 is 0 Å². The number of aromatic nitrogens is 2. The highest BCUT2D eigenvalue weighted by Crippen LogP contribution is 2.24. The highest BCUT2D eigenvalue weighted by Gasteiger charge is 2.17. The van der Waals surface area contributed by atoms with E-state index in [0.717, 1.165) is 0 Å². The molecule has 0 atom stereocenters. The Bertz CT molecular complexity index is 355. The van der Waals surface area contributed by atoms with Gasteiger partial charge in [-0.1, -0.05) is 0 Å². The molecular formula is C10H18N4O2. The van der Waals surface area contributed by atoms with Gasteiger partial charge in [-0.15, -0.1) is 0 Å². The van der Waals surface area contributed by atoms with E-state index in [9.17, 15) is 0 Å². The van der Waals surface area contributed by atoms with E-state index in [1.165, 1.54) is 13.4 Å². The van der Waals surface area contributed by atoms with E-state index in [1.54, 1.807) is 7.11 Å². The molecule has 0 aliphatic carbocycles. The molecule has 0 spiro atoms. The zero-order chi connectivity index (χ0) is 12.2. The molecule has 1 aromatic heterocycles. The zero-order valence-electron chi connectivity index (χ0n) is 10.1. The Hall–Kier alpha value is -1.56. The number of hydrogen-bond donors (Lipinski definition) is 2. The maximum Gasteiger partial charge on any atom is 0.242 e. The van der Waals surface area contributed by atoms with Crippen LogP contribution in [0.1, 0.15) is 13.8 Å². The van der Waals surface area contributed by atoms with E-state index in [-0.39, 0.29) is 5.60 Å². The number of nitrogens with two attached hydrogens (primary N) is 1. The van der Waals surface area contributed by atoms with Crippen molar-refractivity contribution in [3.63, 3.8) is 0 Å². The van der Waals surface area contributed by atoms with Crippen LogP contribution < -0.4 is 15.8 Å². The molecule has 0 aromatic carbocycles. The lowest BCUT2D eigenvalue weighted by molar-refractivity contribution is 0.0343. The first-order chi connectivity index (χ1) is 7.50. The number of hydrogen-bond acceptors (Lipinski definition) is 6. The molecule has 0 bridgehead atoms. The largest absolute Gasteiger partial charge is 0.479 e. The Morgan fingerprint density at radius 3 is 2.62 bits per heavy atom. The number of nitrogens with one attached hydrogen (secondary N) is 1. The summed E-state index contributed by atoms with van der Waals surface area (Å²) < 4.78 is 10.3. The van der Waals surface area contributed by atoms with Gasteiger partial charge in [0.2, 0.25) is 5.88 Å². The van der Waals surface area contributed by atoms with Gasteiger partial charge < -0.3 is 20.5 Å². The first-order valence-electron chi connectivity index (χ1n) is 4.93. The molecule has 6 heteroatoms. The van der Waals surface area contributed by atoms with Gasteiger partial charge in [0.15, 0.2) is 5.82 Å². The van der Waals surface area contributed by atoms with Crippen molar-refractivity contribution in [3.8, 4) is 5.88 Å². The van der Waals surface area contributed by atoms with Crippen molar-refractivity contribution in [2.75, 3.05) is 31.8 Å². The Kier molecular flexibility index (Phi) is 3.89. The summed E-state index contributed by atoms with van der Waals surface area (Å²) in [5.41, 5.74) is 5.92. The van der Waals surface area contributed by atoms with Crippen molar-refractivity contribution in [1.29, 1.82) is 0 Å². The van der Waals surface area contributed by atoms with E-state index >= 15 is 0 Å². The third kappa shape index (κ3) is 2.96. The van der Waals surface area contributed by atoms with Crippen molar-refractivity contribution < 1.29 is 9.47 Å². The summed E-state index contributed by atoms with van der Waals surface area (Å²) in [6, 6.07) is 0. The second kappa shape index (κ2) is 4.98. The molecule has 0 saturated carbocycles. The molecule has 0 aliphatic rings. The summed E-state index contributed by atoms with van der Waals surface area (Å²) in [5.74, 6) is 0.921. The van der Waals surface area contributed by atoms with Gasteiger partial charge in [-0.2, -0.15) is 4.98 Å². The van der Waals surface area contributed by atoms with Crippen molar-refractivity contribution in [1.82, 2.24) is 9.97 Å². The van der Waals surface area contributed by atoms with Crippen LogP contribution in [0.4, 0.5) is 11.5 Å². The van der Waals surface area contributed by atoms with Crippen LogP contribution in [0.5, 0.6) is 5.88 Å². The number of nitrogen functional groups attached to an aromatic ring is 1. The Balaban J connectivity index is 2.75. The van der Waals surface area contributed by atoms with Crippen LogP contribution in [0.25, 0.3) is 0 Å². The van der Waals surface area contributed by atoms with Crippen LogP contribution in [-0.4, -0.2) is 36.3 Å². The van der Waals surface area contributed by atoms with E-state index in [2.05, 4.69) is 15.3 Å². The molecule has 90 valence electrons.